The van der Waals surface area contributed by atoms with Crippen molar-refractivity contribution in [2.75, 3.05) is 5.32 Å². The van der Waals surface area contributed by atoms with Gasteiger partial charge in [-0.05, 0) is 51.3 Å². The number of hydrogen-bond donors (Lipinski definition) is 4. The number of phenols is 1. The van der Waals surface area contributed by atoms with Crippen molar-refractivity contribution in [2.24, 2.45) is 5.73 Å². The lowest BCUT2D eigenvalue weighted by Crippen LogP contribution is -2.54. The number of aromatic hydroxyl groups is 1. The van der Waals surface area contributed by atoms with E-state index in [1.807, 2.05) is 0 Å². The molecule has 1 aromatic carbocycles. The molecular formula is C16H22N2O5. The van der Waals surface area contributed by atoms with E-state index in [1.54, 1.807) is 20.8 Å². The summed E-state index contributed by atoms with van der Waals surface area (Å²) in [6, 6.07) is 4.19. The summed E-state index contributed by atoms with van der Waals surface area (Å²) >= 11 is 0. The monoisotopic (exact) mass is 322 g/mol. The molecule has 7 heteroatoms. The molecule has 0 saturated heterocycles. The first-order valence-electron chi connectivity index (χ1n) is 7.36. The van der Waals surface area contributed by atoms with Crippen LogP contribution in [0.3, 0.4) is 0 Å². The molecule has 0 spiro atoms. The average Bonchev–Trinajstić information content (AvgIpc) is 2.35. The van der Waals surface area contributed by atoms with Gasteiger partial charge in [0.25, 0.3) is 0 Å². The van der Waals surface area contributed by atoms with Crippen LogP contribution in [0, 0.1) is 0 Å². The SMILES string of the molecule is CC(C)(C)OC(=O)Nc1cc(C2(C(=O)O)CC(N)C2)ccc1O. The zero-order valence-corrected chi connectivity index (χ0v) is 13.4. The van der Waals surface area contributed by atoms with Crippen molar-refractivity contribution < 1.29 is 24.5 Å². The number of carbonyl (C=O) groups excluding carboxylic acids is 1. The van der Waals surface area contributed by atoms with Gasteiger partial charge in [-0.25, -0.2) is 4.79 Å². The van der Waals surface area contributed by atoms with E-state index in [-0.39, 0.29) is 17.5 Å². The molecule has 0 bridgehead atoms. The molecule has 2 rings (SSSR count). The third-order valence-electron chi connectivity index (χ3n) is 3.82. The van der Waals surface area contributed by atoms with E-state index in [0.29, 0.717) is 18.4 Å². The van der Waals surface area contributed by atoms with Gasteiger partial charge >= 0.3 is 12.1 Å². The topological polar surface area (TPSA) is 122 Å². The van der Waals surface area contributed by atoms with Crippen molar-refractivity contribution in [3.8, 4) is 5.75 Å². The molecule has 0 heterocycles. The van der Waals surface area contributed by atoms with E-state index in [2.05, 4.69) is 5.32 Å². The Bertz CT molecular complexity index is 630. The van der Waals surface area contributed by atoms with Crippen LogP contribution in [0.4, 0.5) is 10.5 Å². The number of benzene rings is 1. The quantitative estimate of drug-likeness (QED) is 0.633. The Labute approximate surface area is 134 Å². The Hall–Kier alpha value is -2.28. The first-order valence-corrected chi connectivity index (χ1v) is 7.36. The van der Waals surface area contributed by atoms with E-state index in [0.717, 1.165) is 0 Å². The third kappa shape index (κ3) is 3.56. The van der Waals surface area contributed by atoms with Crippen molar-refractivity contribution in [1.82, 2.24) is 0 Å². The van der Waals surface area contributed by atoms with E-state index in [4.69, 9.17) is 10.5 Å². The molecule has 0 aromatic heterocycles. The van der Waals surface area contributed by atoms with Gasteiger partial charge in [0.05, 0.1) is 11.1 Å². The van der Waals surface area contributed by atoms with Crippen LogP contribution in [0.15, 0.2) is 18.2 Å². The minimum atomic E-state index is -1.07. The molecule has 7 nitrogen and oxygen atoms in total. The van der Waals surface area contributed by atoms with E-state index in [1.165, 1.54) is 18.2 Å². The summed E-state index contributed by atoms with van der Waals surface area (Å²) in [5.41, 5.74) is 4.60. The van der Waals surface area contributed by atoms with Gasteiger partial charge in [-0.2, -0.15) is 0 Å². The molecule has 1 aromatic rings. The molecule has 23 heavy (non-hydrogen) atoms. The minimum Gasteiger partial charge on any atom is -0.506 e. The number of amides is 1. The van der Waals surface area contributed by atoms with Gasteiger partial charge in [0.1, 0.15) is 11.4 Å². The number of carbonyl (C=O) groups is 2. The van der Waals surface area contributed by atoms with Crippen LogP contribution in [0.5, 0.6) is 5.75 Å². The number of carboxylic acid groups (broad SMARTS) is 1. The van der Waals surface area contributed by atoms with Crippen molar-refractivity contribution >= 4 is 17.7 Å². The highest BCUT2D eigenvalue weighted by Crippen LogP contribution is 2.45. The zero-order chi connectivity index (χ0) is 17.4. The lowest BCUT2D eigenvalue weighted by atomic mass is 9.62. The number of phenolic OH excluding ortho intramolecular Hbond substituents is 1. The Morgan fingerprint density at radius 3 is 2.43 bits per heavy atom. The maximum atomic E-state index is 11.8. The number of rotatable bonds is 3. The first-order chi connectivity index (χ1) is 10.5. The Morgan fingerprint density at radius 1 is 1.35 bits per heavy atom. The van der Waals surface area contributed by atoms with Crippen LogP contribution in [-0.2, 0) is 14.9 Å². The maximum Gasteiger partial charge on any atom is 0.412 e. The smallest absolute Gasteiger partial charge is 0.412 e. The van der Waals surface area contributed by atoms with Crippen molar-refractivity contribution in [3.63, 3.8) is 0 Å². The second kappa shape index (κ2) is 5.73. The first kappa shape index (κ1) is 17.1. The van der Waals surface area contributed by atoms with Crippen molar-refractivity contribution in [2.45, 2.75) is 50.7 Å². The van der Waals surface area contributed by atoms with Crippen molar-refractivity contribution in [1.29, 1.82) is 0 Å². The van der Waals surface area contributed by atoms with Gasteiger partial charge < -0.3 is 20.7 Å². The standard InChI is InChI=1S/C16H22N2O5/c1-15(2,3)23-14(22)18-11-6-9(4-5-12(11)19)16(13(20)21)7-10(17)8-16/h4-6,10,19H,7-8,17H2,1-3H3,(H,18,22)(H,20,21). The second-order valence-corrected chi connectivity index (χ2v) is 6.91. The summed E-state index contributed by atoms with van der Waals surface area (Å²) in [7, 11) is 0. The molecule has 1 fully saturated rings. The molecule has 0 atom stereocenters. The number of nitrogens with one attached hydrogen (secondary N) is 1. The molecule has 1 amide bonds. The Balaban J connectivity index is 2.26. The normalized spacial score (nSPS) is 23.7. The molecule has 0 radical (unpaired) electrons. The lowest BCUT2D eigenvalue weighted by molar-refractivity contribution is -0.148. The van der Waals surface area contributed by atoms with Gasteiger partial charge in [0.2, 0.25) is 0 Å². The van der Waals surface area contributed by atoms with Crippen LogP contribution in [0.2, 0.25) is 0 Å². The number of anilines is 1. The fourth-order valence-electron chi connectivity index (χ4n) is 2.72. The number of nitrogens with two attached hydrogens (primary N) is 1. The molecule has 1 saturated carbocycles. The largest absolute Gasteiger partial charge is 0.506 e. The van der Waals surface area contributed by atoms with Crippen LogP contribution < -0.4 is 11.1 Å². The number of ether oxygens (including phenoxy) is 1. The molecule has 0 unspecified atom stereocenters. The predicted octanol–water partition coefficient (Wildman–Crippen LogP) is 2.18. The highest BCUT2D eigenvalue weighted by Gasteiger charge is 2.50. The van der Waals surface area contributed by atoms with Crippen LogP contribution in [0.25, 0.3) is 0 Å². The molecule has 0 aliphatic heterocycles. The van der Waals surface area contributed by atoms with Gasteiger partial charge in [0, 0.05) is 6.04 Å². The molecule has 1 aliphatic carbocycles. The fraction of sp³-hybridized carbons (Fsp3) is 0.500. The van der Waals surface area contributed by atoms with Gasteiger partial charge in [-0.1, -0.05) is 6.07 Å². The summed E-state index contributed by atoms with van der Waals surface area (Å²) in [5.74, 6) is -1.13. The number of hydrogen-bond acceptors (Lipinski definition) is 5. The number of carboxylic acids is 1. The highest BCUT2D eigenvalue weighted by molar-refractivity contribution is 5.89. The van der Waals surface area contributed by atoms with Crippen LogP contribution in [-0.4, -0.2) is 33.9 Å². The number of aliphatic carboxylic acids is 1. The summed E-state index contributed by atoms with van der Waals surface area (Å²) < 4.78 is 5.13. The van der Waals surface area contributed by atoms with E-state index in [9.17, 15) is 19.8 Å². The Morgan fingerprint density at radius 2 is 1.96 bits per heavy atom. The van der Waals surface area contributed by atoms with Crippen LogP contribution in [0.1, 0.15) is 39.2 Å². The predicted molar refractivity (Wildman–Crippen MR) is 84.5 cm³/mol. The average molecular weight is 322 g/mol. The summed E-state index contributed by atoms with van der Waals surface area (Å²) in [6.45, 7) is 5.16. The van der Waals surface area contributed by atoms with E-state index < -0.39 is 23.1 Å². The highest BCUT2D eigenvalue weighted by atomic mass is 16.6. The lowest BCUT2D eigenvalue weighted by Gasteiger charge is -2.43. The minimum absolute atomic E-state index is 0.109. The fourth-order valence-corrected chi connectivity index (χ4v) is 2.72. The van der Waals surface area contributed by atoms with E-state index >= 15 is 0 Å². The molecule has 5 N–H and O–H groups in total. The molecule has 1 aliphatic rings. The summed E-state index contributed by atoms with van der Waals surface area (Å²) in [4.78, 5) is 23.5. The summed E-state index contributed by atoms with van der Waals surface area (Å²) in [6.07, 6.45) is -0.0857. The molecular weight excluding hydrogens is 300 g/mol. The Kier molecular flexibility index (Phi) is 4.26. The van der Waals surface area contributed by atoms with Gasteiger partial charge in [-0.15, -0.1) is 0 Å². The second-order valence-electron chi connectivity index (χ2n) is 6.91. The zero-order valence-electron chi connectivity index (χ0n) is 13.4. The van der Waals surface area contributed by atoms with Gasteiger partial charge in [0.15, 0.2) is 0 Å². The van der Waals surface area contributed by atoms with Crippen LogP contribution >= 0.6 is 0 Å². The summed E-state index contributed by atoms with van der Waals surface area (Å²) in [5, 5.41) is 21.8. The van der Waals surface area contributed by atoms with Gasteiger partial charge in [-0.3, -0.25) is 10.1 Å². The molecule has 126 valence electrons. The third-order valence-corrected chi connectivity index (χ3v) is 3.82. The maximum absolute atomic E-state index is 11.8. The van der Waals surface area contributed by atoms with Crippen molar-refractivity contribution in [3.05, 3.63) is 23.8 Å².